The molecular weight excluding hydrogens is 386 g/mol. The van der Waals surface area contributed by atoms with Gasteiger partial charge in [-0.05, 0) is 54.7 Å². The number of carbonyl (C=O) groups excluding carboxylic acids is 1. The summed E-state index contributed by atoms with van der Waals surface area (Å²) >= 11 is 5.85. The fourth-order valence-electron chi connectivity index (χ4n) is 3.71. The van der Waals surface area contributed by atoms with Crippen molar-refractivity contribution < 1.29 is 13.2 Å². The topological polar surface area (TPSA) is 70.6 Å². The number of halogens is 1. The molecule has 142 valence electrons. The zero-order valence-corrected chi connectivity index (χ0v) is 16.3. The van der Waals surface area contributed by atoms with Gasteiger partial charge in [0, 0.05) is 37.9 Å². The lowest BCUT2D eigenvalue weighted by atomic mass is 10.1. The molecule has 0 bridgehead atoms. The van der Waals surface area contributed by atoms with Crippen molar-refractivity contribution in [3.8, 4) is 0 Å². The minimum absolute atomic E-state index is 0.158. The molecule has 2 aliphatic rings. The van der Waals surface area contributed by atoms with Crippen LogP contribution in [0.3, 0.4) is 0 Å². The van der Waals surface area contributed by atoms with E-state index in [9.17, 15) is 13.2 Å². The molecule has 0 saturated carbocycles. The Morgan fingerprint density at radius 2 is 1.74 bits per heavy atom. The lowest BCUT2D eigenvalue weighted by Crippen LogP contribution is -2.50. The van der Waals surface area contributed by atoms with Crippen LogP contribution in [0.15, 0.2) is 41.4 Å². The number of fused-ring (bicyclic) bond motifs is 1. The molecule has 6 nitrogen and oxygen atoms in total. The first-order valence-electron chi connectivity index (χ1n) is 8.98. The molecule has 2 aromatic rings. The van der Waals surface area contributed by atoms with Crippen LogP contribution in [-0.2, 0) is 22.9 Å². The fourth-order valence-corrected chi connectivity index (χ4v) is 5.35. The first-order valence-corrected chi connectivity index (χ1v) is 10.8. The number of amides is 1. The third kappa shape index (κ3) is 3.59. The standard InChI is InChI=1S/C19H20ClN3O3S/c20-18-13-16(6-7-21-18)19(24)22-8-10-23(11-9-22)27(25,26)17-5-4-14-2-1-3-15(14)12-17/h4-7,12-13H,1-3,8-11H2. The molecule has 1 saturated heterocycles. The Labute approximate surface area is 163 Å². The number of piperazine rings is 1. The number of aryl methyl sites for hydroxylation is 2. The highest BCUT2D eigenvalue weighted by molar-refractivity contribution is 7.89. The molecule has 1 fully saturated rings. The Hall–Kier alpha value is -1.96. The molecule has 2 heterocycles. The monoisotopic (exact) mass is 405 g/mol. The predicted molar refractivity (Wildman–Crippen MR) is 102 cm³/mol. The van der Waals surface area contributed by atoms with Crippen LogP contribution in [0.1, 0.15) is 27.9 Å². The lowest BCUT2D eigenvalue weighted by Gasteiger charge is -2.34. The summed E-state index contributed by atoms with van der Waals surface area (Å²) in [4.78, 5) is 18.5. The number of hydrogen-bond donors (Lipinski definition) is 0. The summed E-state index contributed by atoms with van der Waals surface area (Å²) in [7, 11) is -3.54. The summed E-state index contributed by atoms with van der Waals surface area (Å²) in [6.45, 7) is 1.26. The molecule has 0 spiro atoms. The quantitative estimate of drug-likeness (QED) is 0.735. The van der Waals surface area contributed by atoms with E-state index < -0.39 is 10.0 Å². The van der Waals surface area contributed by atoms with Crippen LogP contribution in [0.2, 0.25) is 5.15 Å². The molecule has 4 rings (SSSR count). The fraction of sp³-hybridized carbons (Fsp3) is 0.368. The molecule has 1 aromatic carbocycles. The van der Waals surface area contributed by atoms with Gasteiger partial charge in [-0.3, -0.25) is 4.79 Å². The summed E-state index contributed by atoms with van der Waals surface area (Å²) in [6.07, 6.45) is 4.54. The van der Waals surface area contributed by atoms with Gasteiger partial charge < -0.3 is 4.90 Å². The Bertz CT molecular complexity index is 985. The average Bonchev–Trinajstić information content (AvgIpc) is 3.15. The molecular formula is C19H20ClN3O3S. The molecule has 0 unspecified atom stereocenters. The van der Waals surface area contributed by atoms with E-state index in [0.717, 1.165) is 24.8 Å². The smallest absolute Gasteiger partial charge is 0.254 e. The highest BCUT2D eigenvalue weighted by atomic mass is 35.5. The van der Waals surface area contributed by atoms with Gasteiger partial charge >= 0.3 is 0 Å². The van der Waals surface area contributed by atoms with E-state index in [4.69, 9.17) is 11.6 Å². The Kier molecular flexibility index (Phi) is 4.92. The van der Waals surface area contributed by atoms with E-state index in [1.807, 2.05) is 12.1 Å². The third-order valence-electron chi connectivity index (χ3n) is 5.21. The van der Waals surface area contributed by atoms with Gasteiger partial charge in [0.1, 0.15) is 5.15 Å². The van der Waals surface area contributed by atoms with Gasteiger partial charge in [0.2, 0.25) is 10.0 Å². The third-order valence-corrected chi connectivity index (χ3v) is 7.31. The number of sulfonamides is 1. The minimum atomic E-state index is -3.54. The maximum Gasteiger partial charge on any atom is 0.254 e. The van der Waals surface area contributed by atoms with Gasteiger partial charge in [-0.2, -0.15) is 4.31 Å². The Balaban J connectivity index is 1.46. The lowest BCUT2D eigenvalue weighted by molar-refractivity contribution is 0.0698. The van der Waals surface area contributed by atoms with E-state index >= 15 is 0 Å². The van der Waals surface area contributed by atoms with Gasteiger partial charge in [0.05, 0.1) is 4.90 Å². The van der Waals surface area contributed by atoms with Crippen molar-refractivity contribution in [3.63, 3.8) is 0 Å². The molecule has 1 aliphatic carbocycles. The van der Waals surface area contributed by atoms with E-state index in [1.165, 1.54) is 22.1 Å². The van der Waals surface area contributed by atoms with Crippen molar-refractivity contribution in [2.45, 2.75) is 24.2 Å². The van der Waals surface area contributed by atoms with Crippen molar-refractivity contribution in [1.82, 2.24) is 14.2 Å². The van der Waals surface area contributed by atoms with Gasteiger partial charge in [-0.15, -0.1) is 0 Å². The number of rotatable bonds is 3. The maximum absolute atomic E-state index is 13.0. The molecule has 0 N–H and O–H groups in total. The first kappa shape index (κ1) is 18.4. The second-order valence-corrected chi connectivity index (χ2v) is 9.17. The second kappa shape index (κ2) is 7.22. The van der Waals surface area contributed by atoms with E-state index in [1.54, 1.807) is 17.0 Å². The number of benzene rings is 1. The zero-order valence-electron chi connectivity index (χ0n) is 14.8. The summed E-state index contributed by atoms with van der Waals surface area (Å²) in [5, 5.41) is 0.263. The minimum Gasteiger partial charge on any atom is -0.336 e. The molecule has 1 aliphatic heterocycles. The van der Waals surface area contributed by atoms with E-state index in [0.29, 0.717) is 23.5 Å². The van der Waals surface area contributed by atoms with Crippen LogP contribution in [-0.4, -0.2) is 54.7 Å². The van der Waals surface area contributed by atoms with E-state index in [2.05, 4.69) is 4.98 Å². The number of hydrogen-bond acceptors (Lipinski definition) is 4. The summed E-state index contributed by atoms with van der Waals surface area (Å²) in [5.74, 6) is -0.158. The van der Waals surface area contributed by atoms with Gasteiger partial charge in [-0.25, -0.2) is 13.4 Å². The molecule has 1 amide bonds. The molecule has 0 atom stereocenters. The normalized spacial score (nSPS) is 17.7. The van der Waals surface area contributed by atoms with Crippen LogP contribution in [0.5, 0.6) is 0 Å². The molecule has 1 aromatic heterocycles. The van der Waals surface area contributed by atoms with Crippen LogP contribution >= 0.6 is 11.6 Å². The SMILES string of the molecule is O=C(c1ccnc(Cl)c1)N1CCN(S(=O)(=O)c2ccc3c(c2)CCC3)CC1. The average molecular weight is 406 g/mol. The number of carbonyl (C=O) groups is 1. The zero-order chi connectivity index (χ0) is 19.0. The number of aromatic nitrogens is 1. The van der Waals surface area contributed by atoms with Crippen molar-refractivity contribution in [3.05, 3.63) is 58.4 Å². The summed E-state index contributed by atoms with van der Waals surface area (Å²) < 4.78 is 27.4. The van der Waals surface area contributed by atoms with Crippen molar-refractivity contribution in [2.75, 3.05) is 26.2 Å². The van der Waals surface area contributed by atoms with Crippen molar-refractivity contribution in [2.24, 2.45) is 0 Å². The van der Waals surface area contributed by atoms with Gasteiger partial charge in [0.25, 0.3) is 5.91 Å². The largest absolute Gasteiger partial charge is 0.336 e. The molecule has 27 heavy (non-hydrogen) atoms. The Morgan fingerprint density at radius 3 is 2.48 bits per heavy atom. The van der Waals surface area contributed by atoms with Gasteiger partial charge in [-0.1, -0.05) is 17.7 Å². The highest BCUT2D eigenvalue weighted by Gasteiger charge is 2.31. The van der Waals surface area contributed by atoms with Crippen LogP contribution in [0.4, 0.5) is 0 Å². The Morgan fingerprint density at radius 1 is 1.00 bits per heavy atom. The van der Waals surface area contributed by atoms with Gasteiger partial charge in [0.15, 0.2) is 0 Å². The number of nitrogens with zero attached hydrogens (tertiary/aromatic N) is 3. The van der Waals surface area contributed by atoms with E-state index in [-0.39, 0.29) is 24.1 Å². The first-order chi connectivity index (χ1) is 12.9. The predicted octanol–water partition coefficient (Wildman–Crippen LogP) is 2.37. The van der Waals surface area contributed by atoms with Crippen molar-refractivity contribution >= 4 is 27.5 Å². The number of pyridine rings is 1. The van der Waals surface area contributed by atoms with Crippen molar-refractivity contribution in [1.29, 1.82) is 0 Å². The second-order valence-electron chi connectivity index (χ2n) is 6.85. The maximum atomic E-state index is 13.0. The molecule has 8 heteroatoms. The summed E-state index contributed by atoms with van der Waals surface area (Å²) in [6, 6.07) is 8.59. The summed E-state index contributed by atoms with van der Waals surface area (Å²) in [5.41, 5.74) is 2.85. The van der Waals surface area contributed by atoms with Crippen LogP contribution in [0.25, 0.3) is 0 Å². The highest BCUT2D eigenvalue weighted by Crippen LogP contribution is 2.27. The van der Waals surface area contributed by atoms with Crippen LogP contribution in [0, 0.1) is 0 Å². The molecule has 0 radical (unpaired) electrons. The van der Waals surface area contributed by atoms with Crippen LogP contribution < -0.4 is 0 Å².